The van der Waals surface area contributed by atoms with Gasteiger partial charge in [0.25, 0.3) is 0 Å². The molecule has 0 bridgehead atoms. The Labute approximate surface area is 63.0 Å². The largest absolute Gasteiger partial charge is 0.372 e. The second-order valence-corrected chi connectivity index (χ2v) is 2.85. The first kappa shape index (κ1) is 8.02. The number of ether oxygens (including phenoxy) is 1. The zero-order chi connectivity index (χ0) is 7.40. The number of hydrogen-bond donors (Lipinski definition) is 1. The lowest BCUT2D eigenvalue weighted by atomic mass is 10.2. The molecular weight excluding hydrogens is 126 g/mol. The summed E-state index contributed by atoms with van der Waals surface area (Å²) in [6.45, 7) is 6.41. The molecule has 1 aliphatic rings. The molecule has 1 fully saturated rings. The van der Waals surface area contributed by atoms with Crippen molar-refractivity contribution in [2.45, 2.75) is 38.9 Å². The fourth-order valence-electron chi connectivity index (χ4n) is 1.25. The molecule has 2 heteroatoms. The molecule has 0 spiro atoms. The van der Waals surface area contributed by atoms with Crippen LogP contribution >= 0.6 is 0 Å². The highest BCUT2D eigenvalue weighted by Crippen LogP contribution is 2.08. The quantitative estimate of drug-likeness (QED) is 0.626. The standard InChI is InChI=1S/C8H17NO/c1-3-7-5-9-6-8(4-2)10-7/h7-9H,3-6H2,1-2H3/t7-,8+. The van der Waals surface area contributed by atoms with E-state index in [0.29, 0.717) is 12.2 Å². The second-order valence-electron chi connectivity index (χ2n) is 2.85. The average molecular weight is 143 g/mol. The van der Waals surface area contributed by atoms with Crippen molar-refractivity contribution in [1.29, 1.82) is 0 Å². The Balaban J connectivity index is 2.25. The topological polar surface area (TPSA) is 21.3 Å². The van der Waals surface area contributed by atoms with Crippen molar-refractivity contribution in [2.24, 2.45) is 0 Å². The molecule has 2 atom stereocenters. The van der Waals surface area contributed by atoms with Crippen LogP contribution in [0.1, 0.15) is 26.7 Å². The number of nitrogens with one attached hydrogen (secondary N) is 1. The maximum Gasteiger partial charge on any atom is 0.0701 e. The van der Waals surface area contributed by atoms with Crippen LogP contribution in [-0.4, -0.2) is 25.3 Å². The van der Waals surface area contributed by atoms with Crippen molar-refractivity contribution in [3.8, 4) is 0 Å². The third-order valence-electron chi connectivity index (χ3n) is 2.04. The van der Waals surface area contributed by atoms with Gasteiger partial charge in [0.2, 0.25) is 0 Å². The van der Waals surface area contributed by atoms with Gasteiger partial charge in [-0.15, -0.1) is 0 Å². The van der Waals surface area contributed by atoms with Crippen molar-refractivity contribution in [3.63, 3.8) is 0 Å². The van der Waals surface area contributed by atoms with Crippen LogP contribution in [0.4, 0.5) is 0 Å². The molecule has 1 rings (SSSR count). The number of rotatable bonds is 2. The summed E-state index contributed by atoms with van der Waals surface area (Å²) in [6, 6.07) is 0. The van der Waals surface area contributed by atoms with Crippen molar-refractivity contribution in [3.05, 3.63) is 0 Å². The van der Waals surface area contributed by atoms with Crippen molar-refractivity contribution < 1.29 is 4.74 Å². The first-order valence-corrected chi connectivity index (χ1v) is 4.23. The molecule has 2 nitrogen and oxygen atoms in total. The minimum absolute atomic E-state index is 0.457. The Morgan fingerprint density at radius 3 is 2.10 bits per heavy atom. The number of morpholine rings is 1. The highest BCUT2D eigenvalue weighted by molar-refractivity contribution is 4.71. The highest BCUT2D eigenvalue weighted by atomic mass is 16.5. The van der Waals surface area contributed by atoms with E-state index in [9.17, 15) is 0 Å². The molecule has 10 heavy (non-hydrogen) atoms. The summed E-state index contributed by atoms with van der Waals surface area (Å²) in [5.74, 6) is 0. The molecule has 1 aliphatic heterocycles. The first-order chi connectivity index (χ1) is 4.86. The van der Waals surface area contributed by atoms with Gasteiger partial charge in [0, 0.05) is 13.1 Å². The molecule has 0 aromatic rings. The van der Waals surface area contributed by atoms with E-state index >= 15 is 0 Å². The van der Waals surface area contributed by atoms with Gasteiger partial charge in [-0.25, -0.2) is 0 Å². The number of hydrogen-bond acceptors (Lipinski definition) is 2. The van der Waals surface area contributed by atoms with Gasteiger partial charge >= 0.3 is 0 Å². The van der Waals surface area contributed by atoms with Gasteiger partial charge in [-0.1, -0.05) is 13.8 Å². The van der Waals surface area contributed by atoms with Crippen LogP contribution in [0.15, 0.2) is 0 Å². The Morgan fingerprint density at radius 1 is 1.20 bits per heavy atom. The summed E-state index contributed by atoms with van der Waals surface area (Å²) >= 11 is 0. The molecule has 0 aromatic carbocycles. The van der Waals surface area contributed by atoms with Crippen LogP contribution in [0.2, 0.25) is 0 Å². The second kappa shape index (κ2) is 3.94. The van der Waals surface area contributed by atoms with Gasteiger partial charge in [-0.05, 0) is 12.8 Å². The maximum absolute atomic E-state index is 5.72. The van der Waals surface area contributed by atoms with Gasteiger partial charge in [0.1, 0.15) is 0 Å². The van der Waals surface area contributed by atoms with Crippen molar-refractivity contribution in [1.82, 2.24) is 5.32 Å². The lowest BCUT2D eigenvalue weighted by Gasteiger charge is -2.29. The highest BCUT2D eigenvalue weighted by Gasteiger charge is 2.18. The average Bonchev–Trinajstić information content (AvgIpc) is 2.05. The van der Waals surface area contributed by atoms with E-state index in [-0.39, 0.29) is 0 Å². The Bertz CT molecular complexity index is 85.3. The van der Waals surface area contributed by atoms with Crippen LogP contribution in [0.5, 0.6) is 0 Å². The van der Waals surface area contributed by atoms with Crippen molar-refractivity contribution >= 4 is 0 Å². The molecule has 0 radical (unpaired) electrons. The van der Waals surface area contributed by atoms with Gasteiger partial charge in [0.15, 0.2) is 0 Å². The van der Waals surface area contributed by atoms with Crippen molar-refractivity contribution in [2.75, 3.05) is 13.1 Å². The Kier molecular flexibility index (Phi) is 3.16. The lowest BCUT2D eigenvalue weighted by Crippen LogP contribution is -2.44. The minimum atomic E-state index is 0.457. The summed E-state index contributed by atoms with van der Waals surface area (Å²) in [5, 5.41) is 3.36. The molecule has 0 aromatic heterocycles. The molecule has 0 saturated carbocycles. The minimum Gasteiger partial charge on any atom is -0.372 e. The first-order valence-electron chi connectivity index (χ1n) is 4.23. The molecule has 1 heterocycles. The summed E-state index contributed by atoms with van der Waals surface area (Å²) in [5.41, 5.74) is 0. The molecule has 1 saturated heterocycles. The third kappa shape index (κ3) is 1.96. The molecule has 0 aliphatic carbocycles. The van der Waals surface area contributed by atoms with E-state index in [2.05, 4.69) is 19.2 Å². The summed E-state index contributed by atoms with van der Waals surface area (Å²) < 4.78 is 5.72. The molecule has 60 valence electrons. The van der Waals surface area contributed by atoms with Crippen LogP contribution in [0, 0.1) is 0 Å². The van der Waals surface area contributed by atoms with Gasteiger partial charge in [-0.3, -0.25) is 0 Å². The molecular formula is C8H17NO. The van der Waals surface area contributed by atoms with Gasteiger partial charge in [0.05, 0.1) is 12.2 Å². The van der Waals surface area contributed by atoms with E-state index in [1.165, 1.54) is 0 Å². The SMILES string of the molecule is CC[C@@H]1CNC[C@H](CC)O1. The Hall–Kier alpha value is -0.0800. The molecule has 1 N–H and O–H groups in total. The summed E-state index contributed by atoms with van der Waals surface area (Å²) in [6.07, 6.45) is 3.17. The van der Waals surface area contributed by atoms with Crippen LogP contribution in [0.3, 0.4) is 0 Å². The molecule has 0 unspecified atom stereocenters. The van der Waals surface area contributed by atoms with E-state index in [1.54, 1.807) is 0 Å². The predicted octanol–water partition coefficient (Wildman–Crippen LogP) is 1.16. The fraction of sp³-hybridized carbons (Fsp3) is 1.00. The Morgan fingerprint density at radius 2 is 1.70 bits per heavy atom. The monoisotopic (exact) mass is 143 g/mol. The smallest absolute Gasteiger partial charge is 0.0701 e. The van der Waals surface area contributed by atoms with E-state index in [4.69, 9.17) is 4.74 Å². The maximum atomic E-state index is 5.72. The predicted molar refractivity (Wildman–Crippen MR) is 42.1 cm³/mol. The lowest BCUT2D eigenvalue weighted by molar-refractivity contribution is -0.0393. The zero-order valence-electron chi connectivity index (χ0n) is 6.89. The van der Waals surface area contributed by atoms with E-state index in [0.717, 1.165) is 25.9 Å². The van der Waals surface area contributed by atoms with Crippen LogP contribution in [0.25, 0.3) is 0 Å². The van der Waals surface area contributed by atoms with Crippen LogP contribution in [-0.2, 0) is 4.74 Å². The third-order valence-corrected chi connectivity index (χ3v) is 2.04. The summed E-state index contributed by atoms with van der Waals surface area (Å²) in [4.78, 5) is 0. The van der Waals surface area contributed by atoms with Gasteiger partial charge < -0.3 is 10.1 Å². The van der Waals surface area contributed by atoms with E-state index in [1.807, 2.05) is 0 Å². The normalized spacial score (nSPS) is 34.2. The summed E-state index contributed by atoms with van der Waals surface area (Å²) in [7, 11) is 0. The fourth-order valence-corrected chi connectivity index (χ4v) is 1.25. The van der Waals surface area contributed by atoms with Crippen LogP contribution < -0.4 is 5.32 Å². The van der Waals surface area contributed by atoms with Gasteiger partial charge in [-0.2, -0.15) is 0 Å². The van der Waals surface area contributed by atoms with E-state index < -0.39 is 0 Å². The zero-order valence-corrected chi connectivity index (χ0v) is 6.89. The molecule has 0 amide bonds.